The summed E-state index contributed by atoms with van der Waals surface area (Å²) in [6, 6.07) is 0. The number of carbonyl (C=O) groups is 1. The first-order valence-electron chi connectivity index (χ1n) is 13.5. The van der Waals surface area contributed by atoms with Gasteiger partial charge in [0.15, 0.2) is 0 Å². The third-order valence-electron chi connectivity index (χ3n) is 6.99. The fraction of sp³-hybridized carbons (Fsp3) is 0.533. The summed E-state index contributed by atoms with van der Waals surface area (Å²) in [5.74, 6) is 1.26. The molecule has 0 bridgehead atoms. The molecule has 2 saturated carbocycles. The average molecular weight is 524 g/mol. The lowest BCUT2D eigenvalue weighted by molar-refractivity contribution is -0.142. The van der Waals surface area contributed by atoms with E-state index in [0.29, 0.717) is 17.4 Å². The zero-order valence-electron chi connectivity index (χ0n) is 23.7. The van der Waals surface area contributed by atoms with E-state index >= 15 is 0 Å². The lowest BCUT2D eigenvalue weighted by Crippen LogP contribution is -2.19. The van der Waals surface area contributed by atoms with Crippen LogP contribution in [-0.4, -0.2) is 40.9 Å². The number of carboxylic acids is 1. The molecular formula is C30H45N5O3. The van der Waals surface area contributed by atoms with Gasteiger partial charge in [-0.3, -0.25) is 14.8 Å². The van der Waals surface area contributed by atoms with Crippen LogP contribution < -0.4 is 11.1 Å². The van der Waals surface area contributed by atoms with E-state index in [1.54, 1.807) is 20.4 Å². The van der Waals surface area contributed by atoms with Crippen molar-refractivity contribution >= 4 is 17.5 Å². The van der Waals surface area contributed by atoms with Gasteiger partial charge in [-0.05, 0) is 63.7 Å². The van der Waals surface area contributed by atoms with Crippen molar-refractivity contribution in [2.45, 2.75) is 84.5 Å². The van der Waals surface area contributed by atoms with Crippen LogP contribution in [0.3, 0.4) is 0 Å². The third-order valence-corrected chi connectivity index (χ3v) is 6.99. The monoisotopic (exact) mass is 523 g/mol. The second-order valence-electron chi connectivity index (χ2n) is 10.1. The van der Waals surface area contributed by atoms with Gasteiger partial charge in [0.05, 0.1) is 36.3 Å². The standard InChI is InChI=1S/C23H33N5O.C7H12O2/c1-15(2)20(29-6)12-11-16(3)22(25-5)23(17(4)24)28-21-14-26-13-19(27-21)18-9-7-8-10-18;8-7(9)6-4-2-1-3-5-6/h11-14,18H,1,7-10,24H2,2-6H3,(H,27,28);6H,1-5H2,(H,8,9)/b16-11+,20-12+,23-17+,25-22?;. The lowest BCUT2D eigenvalue weighted by Gasteiger charge is -2.16. The number of aliphatic carboxylic acids is 1. The number of aromatic nitrogens is 2. The highest BCUT2D eigenvalue weighted by atomic mass is 16.5. The molecule has 0 aromatic carbocycles. The van der Waals surface area contributed by atoms with Crippen LogP contribution in [0.15, 0.2) is 64.4 Å². The first-order chi connectivity index (χ1) is 18.2. The molecule has 1 heterocycles. The number of nitrogens with zero attached hydrogens (tertiary/aromatic N) is 3. The number of ether oxygens (including phenoxy) is 1. The average Bonchev–Trinajstić information content (AvgIpc) is 3.45. The summed E-state index contributed by atoms with van der Waals surface area (Å²) in [4.78, 5) is 24.0. The highest BCUT2D eigenvalue weighted by Gasteiger charge is 2.20. The zero-order chi connectivity index (χ0) is 28.1. The van der Waals surface area contributed by atoms with E-state index in [4.69, 9.17) is 20.6 Å². The van der Waals surface area contributed by atoms with Gasteiger partial charge in [-0.15, -0.1) is 0 Å². The van der Waals surface area contributed by atoms with Crippen molar-refractivity contribution in [3.63, 3.8) is 0 Å². The number of nitrogens with two attached hydrogens (primary N) is 1. The molecule has 0 radical (unpaired) electrons. The smallest absolute Gasteiger partial charge is 0.306 e. The maximum absolute atomic E-state index is 10.4. The Bertz CT molecular complexity index is 1070. The molecule has 3 rings (SSSR count). The Morgan fingerprint density at radius 3 is 2.24 bits per heavy atom. The third kappa shape index (κ3) is 9.47. The quantitative estimate of drug-likeness (QED) is 0.191. The summed E-state index contributed by atoms with van der Waals surface area (Å²) >= 11 is 0. The number of hydrogen-bond acceptors (Lipinski definition) is 7. The summed E-state index contributed by atoms with van der Waals surface area (Å²) in [6.45, 7) is 9.65. The molecule has 8 nitrogen and oxygen atoms in total. The van der Waals surface area contributed by atoms with Gasteiger partial charge in [-0.25, -0.2) is 4.98 Å². The van der Waals surface area contributed by atoms with Crippen LogP contribution in [-0.2, 0) is 9.53 Å². The molecule has 208 valence electrons. The number of anilines is 1. The SMILES string of the molecule is C=C(C)/C(=C\C=C(/C)C(=NC)/C(Nc1cncc(C2CCCC2)n1)=C(/C)N)OC.O=C(O)C1CCCCC1. The normalized spacial score (nSPS) is 18.3. The van der Waals surface area contributed by atoms with Crippen LogP contribution in [0.5, 0.6) is 0 Å². The minimum absolute atomic E-state index is 0.0289. The number of nitrogens with one attached hydrogen (secondary N) is 1. The molecular weight excluding hydrogens is 478 g/mol. The van der Waals surface area contributed by atoms with Gasteiger partial charge in [-0.2, -0.15) is 0 Å². The highest BCUT2D eigenvalue weighted by Crippen LogP contribution is 2.33. The van der Waals surface area contributed by atoms with E-state index < -0.39 is 5.97 Å². The number of carboxylic acid groups (broad SMARTS) is 1. The summed E-state index contributed by atoms with van der Waals surface area (Å²) < 4.78 is 5.35. The minimum Gasteiger partial charge on any atom is -0.497 e. The molecule has 2 aliphatic rings. The van der Waals surface area contributed by atoms with Crippen LogP contribution in [0.25, 0.3) is 0 Å². The second-order valence-corrected chi connectivity index (χ2v) is 10.1. The predicted octanol–water partition coefficient (Wildman–Crippen LogP) is 6.51. The molecule has 2 fully saturated rings. The van der Waals surface area contributed by atoms with Crippen LogP contribution in [0.4, 0.5) is 5.82 Å². The molecule has 1 aromatic heterocycles. The first-order valence-corrected chi connectivity index (χ1v) is 13.5. The molecule has 0 aliphatic heterocycles. The van der Waals surface area contributed by atoms with Crippen molar-refractivity contribution in [2.75, 3.05) is 19.5 Å². The number of methoxy groups -OCH3 is 1. The summed E-state index contributed by atoms with van der Waals surface area (Å²) in [7, 11) is 3.38. The molecule has 0 spiro atoms. The van der Waals surface area contributed by atoms with Crippen molar-refractivity contribution in [3.8, 4) is 0 Å². The Balaban J connectivity index is 0.000000474. The molecule has 1 aromatic rings. The van der Waals surface area contributed by atoms with E-state index in [2.05, 4.69) is 21.9 Å². The van der Waals surface area contributed by atoms with Crippen LogP contribution >= 0.6 is 0 Å². The van der Waals surface area contributed by atoms with E-state index in [1.807, 2.05) is 39.1 Å². The Hall–Kier alpha value is -3.42. The number of rotatable bonds is 9. The molecule has 0 atom stereocenters. The summed E-state index contributed by atoms with van der Waals surface area (Å²) in [6.07, 6.45) is 17.5. The first kappa shape index (κ1) is 30.8. The molecule has 0 unspecified atom stereocenters. The van der Waals surface area contributed by atoms with Gasteiger partial charge >= 0.3 is 5.97 Å². The molecule has 4 N–H and O–H groups in total. The van der Waals surface area contributed by atoms with E-state index in [1.165, 1.54) is 32.1 Å². The van der Waals surface area contributed by atoms with Crippen molar-refractivity contribution in [1.29, 1.82) is 0 Å². The zero-order valence-corrected chi connectivity index (χ0v) is 23.7. The Morgan fingerprint density at radius 1 is 1.11 bits per heavy atom. The molecule has 2 aliphatic carbocycles. The van der Waals surface area contributed by atoms with Crippen molar-refractivity contribution in [1.82, 2.24) is 9.97 Å². The fourth-order valence-electron chi connectivity index (χ4n) is 4.83. The van der Waals surface area contributed by atoms with Gasteiger partial charge in [0, 0.05) is 24.9 Å². The molecule has 8 heteroatoms. The lowest BCUT2D eigenvalue weighted by atomic mass is 9.90. The summed E-state index contributed by atoms with van der Waals surface area (Å²) in [5, 5.41) is 11.9. The Morgan fingerprint density at radius 2 is 1.74 bits per heavy atom. The molecule has 0 saturated heterocycles. The second kappa shape index (κ2) is 15.7. The molecule has 0 amide bonds. The van der Waals surface area contributed by atoms with E-state index in [-0.39, 0.29) is 5.92 Å². The van der Waals surface area contributed by atoms with E-state index in [9.17, 15) is 4.79 Å². The highest BCUT2D eigenvalue weighted by molar-refractivity contribution is 6.14. The number of aliphatic imine (C=N–C) groups is 1. The predicted molar refractivity (Wildman–Crippen MR) is 155 cm³/mol. The topological polar surface area (TPSA) is 123 Å². The maximum Gasteiger partial charge on any atom is 0.306 e. The minimum atomic E-state index is -0.602. The van der Waals surface area contributed by atoms with Gasteiger partial charge in [0.1, 0.15) is 11.6 Å². The van der Waals surface area contributed by atoms with Gasteiger partial charge in [0.2, 0.25) is 0 Å². The van der Waals surface area contributed by atoms with Crippen molar-refractivity contribution in [3.05, 3.63) is 65.1 Å². The molecule has 38 heavy (non-hydrogen) atoms. The van der Waals surface area contributed by atoms with E-state index in [0.717, 1.165) is 59.7 Å². The van der Waals surface area contributed by atoms with Crippen molar-refractivity contribution < 1.29 is 14.6 Å². The fourth-order valence-corrected chi connectivity index (χ4v) is 4.83. The maximum atomic E-state index is 10.4. The van der Waals surface area contributed by atoms with Gasteiger partial charge < -0.3 is 20.9 Å². The van der Waals surface area contributed by atoms with Crippen LogP contribution in [0.1, 0.15) is 90.2 Å². The van der Waals surface area contributed by atoms with Crippen LogP contribution in [0, 0.1) is 5.92 Å². The van der Waals surface area contributed by atoms with Crippen LogP contribution in [0.2, 0.25) is 0 Å². The number of allylic oxidation sites excluding steroid dienone is 5. The summed E-state index contributed by atoms with van der Waals surface area (Å²) in [5.41, 5.74) is 11.1. The Labute approximate surface area is 227 Å². The largest absolute Gasteiger partial charge is 0.497 e. The number of hydrogen-bond donors (Lipinski definition) is 3. The van der Waals surface area contributed by atoms with Gasteiger partial charge in [0.25, 0.3) is 0 Å². The van der Waals surface area contributed by atoms with Crippen molar-refractivity contribution in [2.24, 2.45) is 16.6 Å². The Kier molecular flexibility index (Phi) is 12.8. The van der Waals surface area contributed by atoms with Gasteiger partial charge in [-0.1, -0.05) is 44.8 Å².